The number of ether oxygens (including phenoxy) is 1. The summed E-state index contributed by atoms with van der Waals surface area (Å²) in [5, 5.41) is 3.32. The minimum absolute atomic E-state index is 0.698. The monoisotopic (exact) mass is 231 g/mol. The van der Waals surface area contributed by atoms with E-state index >= 15 is 0 Å². The zero-order chi connectivity index (χ0) is 11.9. The van der Waals surface area contributed by atoms with Crippen molar-refractivity contribution < 1.29 is 4.74 Å². The van der Waals surface area contributed by atoms with Gasteiger partial charge in [0.25, 0.3) is 0 Å². The lowest BCUT2D eigenvalue weighted by Gasteiger charge is -2.06. The molecule has 0 fully saturated rings. The maximum absolute atomic E-state index is 5.45. The molecule has 0 atom stereocenters. The summed E-state index contributed by atoms with van der Waals surface area (Å²) in [7, 11) is 0. The van der Waals surface area contributed by atoms with Crippen LogP contribution in [0.1, 0.15) is 18.3 Å². The molecule has 0 saturated heterocycles. The fourth-order valence-electron chi connectivity index (χ4n) is 1.63. The van der Waals surface area contributed by atoms with Gasteiger partial charge in [0.15, 0.2) is 0 Å². The number of hydrogen-bond acceptors (Lipinski definition) is 3. The van der Waals surface area contributed by atoms with E-state index in [1.54, 1.807) is 6.20 Å². The quantitative estimate of drug-likeness (QED) is 0.800. The molecular formula is C13H17N3O. The van der Waals surface area contributed by atoms with Crippen LogP contribution < -0.4 is 10.1 Å². The third kappa shape index (κ3) is 3.60. The molecule has 2 aromatic rings. The van der Waals surface area contributed by atoms with Gasteiger partial charge in [-0.3, -0.25) is 0 Å². The van der Waals surface area contributed by atoms with E-state index < -0.39 is 0 Å². The zero-order valence-corrected chi connectivity index (χ0v) is 9.94. The number of hydrogen-bond donors (Lipinski definition) is 2. The first-order valence-electron chi connectivity index (χ1n) is 5.79. The van der Waals surface area contributed by atoms with E-state index in [4.69, 9.17) is 4.74 Å². The standard InChI is InChI=1S/C13H17N3O/c1-2-17-12-5-3-4-11(8-12)9-14-10-13-15-6-7-16-13/h3-8,14H,2,9-10H2,1H3,(H,15,16). The van der Waals surface area contributed by atoms with Crippen molar-refractivity contribution in [2.24, 2.45) is 0 Å². The fraction of sp³-hybridized carbons (Fsp3) is 0.308. The van der Waals surface area contributed by atoms with Gasteiger partial charge in [-0.25, -0.2) is 4.98 Å². The van der Waals surface area contributed by atoms with E-state index in [2.05, 4.69) is 27.4 Å². The Labute approximate surface area is 101 Å². The molecule has 2 rings (SSSR count). The molecule has 0 aliphatic heterocycles. The normalized spacial score (nSPS) is 10.4. The Morgan fingerprint density at radius 3 is 3.06 bits per heavy atom. The number of rotatable bonds is 6. The number of H-pyrrole nitrogens is 1. The predicted octanol–water partition coefficient (Wildman–Crippen LogP) is 2.10. The zero-order valence-electron chi connectivity index (χ0n) is 9.94. The summed E-state index contributed by atoms with van der Waals surface area (Å²) in [6.07, 6.45) is 3.58. The average molecular weight is 231 g/mol. The number of aromatic nitrogens is 2. The molecule has 0 spiro atoms. The van der Waals surface area contributed by atoms with Crippen molar-refractivity contribution in [3.63, 3.8) is 0 Å². The number of aromatic amines is 1. The van der Waals surface area contributed by atoms with Gasteiger partial charge in [-0.1, -0.05) is 12.1 Å². The Hall–Kier alpha value is -1.81. The van der Waals surface area contributed by atoms with Gasteiger partial charge in [0.05, 0.1) is 13.2 Å². The number of nitrogens with zero attached hydrogens (tertiary/aromatic N) is 1. The molecule has 1 heterocycles. The number of imidazole rings is 1. The minimum atomic E-state index is 0.698. The van der Waals surface area contributed by atoms with Crippen LogP contribution in [0.15, 0.2) is 36.7 Å². The predicted molar refractivity (Wildman–Crippen MR) is 66.7 cm³/mol. The Bertz CT molecular complexity index is 440. The highest BCUT2D eigenvalue weighted by atomic mass is 16.5. The highest BCUT2D eigenvalue weighted by Crippen LogP contribution is 2.12. The molecule has 1 aromatic heterocycles. The van der Waals surface area contributed by atoms with Crippen LogP contribution in [0.25, 0.3) is 0 Å². The molecule has 17 heavy (non-hydrogen) atoms. The van der Waals surface area contributed by atoms with Crippen molar-refractivity contribution >= 4 is 0 Å². The molecule has 0 amide bonds. The van der Waals surface area contributed by atoms with E-state index in [1.165, 1.54) is 5.56 Å². The van der Waals surface area contributed by atoms with Crippen LogP contribution in [0, 0.1) is 0 Å². The Morgan fingerprint density at radius 2 is 2.29 bits per heavy atom. The molecule has 0 aliphatic carbocycles. The second-order valence-corrected chi connectivity index (χ2v) is 3.72. The maximum Gasteiger partial charge on any atom is 0.120 e. The van der Waals surface area contributed by atoms with Gasteiger partial charge in [-0.05, 0) is 24.6 Å². The lowest BCUT2D eigenvalue weighted by atomic mass is 10.2. The van der Waals surface area contributed by atoms with E-state index in [-0.39, 0.29) is 0 Å². The second kappa shape index (κ2) is 6.06. The molecule has 0 aliphatic rings. The maximum atomic E-state index is 5.45. The average Bonchev–Trinajstić information content (AvgIpc) is 2.83. The molecule has 90 valence electrons. The van der Waals surface area contributed by atoms with Crippen molar-refractivity contribution in [3.05, 3.63) is 48.0 Å². The lowest BCUT2D eigenvalue weighted by Crippen LogP contribution is -2.13. The number of benzene rings is 1. The summed E-state index contributed by atoms with van der Waals surface area (Å²) in [5.41, 5.74) is 1.21. The lowest BCUT2D eigenvalue weighted by molar-refractivity contribution is 0.340. The summed E-state index contributed by atoms with van der Waals surface area (Å²) in [4.78, 5) is 7.21. The largest absolute Gasteiger partial charge is 0.494 e. The van der Waals surface area contributed by atoms with Gasteiger partial charge in [0, 0.05) is 18.9 Å². The van der Waals surface area contributed by atoms with Gasteiger partial charge in [-0.2, -0.15) is 0 Å². The SMILES string of the molecule is CCOc1cccc(CNCc2ncc[nH]2)c1. The Balaban J connectivity index is 1.84. The Kier molecular flexibility index (Phi) is 4.16. The van der Waals surface area contributed by atoms with Gasteiger partial charge in [0.1, 0.15) is 11.6 Å². The second-order valence-electron chi connectivity index (χ2n) is 3.72. The summed E-state index contributed by atoms with van der Waals surface area (Å²) in [5.74, 6) is 1.87. The summed E-state index contributed by atoms with van der Waals surface area (Å²) >= 11 is 0. The smallest absolute Gasteiger partial charge is 0.120 e. The van der Waals surface area contributed by atoms with Crippen LogP contribution in [0.2, 0.25) is 0 Å². The Morgan fingerprint density at radius 1 is 1.35 bits per heavy atom. The van der Waals surface area contributed by atoms with Crippen molar-refractivity contribution in [3.8, 4) is 5.75 Å². The molecular weight excluding hydrogens is 214 g/mol. The third-order valence-corrected chi connectivity index (χ3v) is 2.39. The van der Waals surface area contributed by atoms with E-state index in [0.717, 1.165) is 24.7 Å². The summed E-state index contributed by atoms with van der Waals surface area (Å²) in [6.45, 7) is 4.23. The van der Waals surface area contributed by atoms with Crippen molar-refractivity contribution in [1.82, 2.24) is 15.3 Å². The van der Waals surface area contributed by atoms with Crippen LogP contribution in [-0.4, -0.2) is 16.6 Å². The van der Waals surface area contributed by atoms with E-state index in [1.807, 2.05) is 25.3 Å². The highest BCUT2D eigenvalue weighted by Gasteiger charge is 1.97. The molecule has 0 saturated carbocycles. The molecule has 1 aromatic carbocycles. The fourth-order valence-corrected chi connectivity index (χ4v) is 1.63. The first kappa shape index (κ1) is 11.7. The van der Waals surface area contributed by atoms with Crippen LogP contribution in [0.5, 0.6) is 5.75 Å². The van der Waals surface area contributed by atoms with Gasteiger partial charge in [0.2, 0.25) is 0 Å². The van der Waals surface area contributed by atoms with Crippen molar-refractivity contribution in [2.75, 3.05) is 6.61 Å². The van der Waals surface area contributed by atoms with E-state index in [9.17, 15) is 0 Å². The van der Waals surface area contributed by atoms with Crippen LogP contribution in [0.4, 0.5) is 0 Å². The highest BCUT2D eigenvalue weighted by molar-refractivity contribution is 5.28. The number of nitrogens with one attached hydrogen (secondary N) is 2. The summed E-state index contributed by atoms with van der Waals surface area (Å²) < 4.78 is 5.45. The molecule has 4 heteroatoms. The molecule has 4 nitrogen and oxygen atoms in total. The van der Waals surface area contributed by atoms with Gasteiger partial charge >= 0.3 is 0 Å². The van der Waals surface area contributed by atoms with Crippen LogP contribution in [-0.2, 0) is 13.1 Å². The topological polar surface area (TPSA) is 49.9 Å². The van der Waals surface area contributed by atoms with Gasteiger partial charge in [-0.15, -0.1) is 0 Å². The third-order valence-electron chi connectivity index (χ3n) is 2.39. The molecule has 0 unspecified atom stereocenters. The first-order chi connectivity index (χ1) is 8.38. The molecule has 2 N–H and O–H groups in total. The molecule has 0 radical (unpaired) electrons. The molecule has 0 bridgehead atoms. The first-order valence-corrected chi connectivity index (χ1v) is 5.79. The minimum Gasteiger partial charge on any atom is -0.494 e. The van der Waals surface area contributed by atoms with Crippen molar-refractivity contribution in [2.45, 2.75) is 20.0 Å². The van der Waals surface area contributed by atoms with Crippen LogP contribution in [0.3, 0.4) is 0 Å². The van der Waals surface area contributed by atoms with E-state index in [0.29, 0.717) is 6.61 Å². The van der Waals surface area contributed by atoms with Crippen molar-refractivity contribution in [1.29, 1.82) is 0 Å². The van der Waals surface area contributed by atoms with Gasteiger partial charge < -0.3 is 15.0 Å². The summed E-state index contributed by atoms with van der Waals surface area (Å²) in [6, 6.07) is 8.12. The van der Waals surface area contributed by atoms with Crippen LogP contribution >= 0.6 is 0 Å².